The van der Waals surface area contributed by atoms with Gasteiger partial charge in [-0.15, -0.1) is 0 Å². The molecule has 7 heteroatoms. The molecule has 1 aliphatic heterocycles. The molecule has 1 saturated heterocycles. The summed E-state index contributed by atoms with van der Waals surface area (Å²) in [5.74, 6) is 0.370. The van der Waals surface area contributed by atoms with Crippen LogP contribution in [0.1, 0.15) is 62.6 Å². The van der Waals surface area contributed by atoms with Crippen LogP contribution in [0.2, 0.25) is 0 Å². The van der Waals surface area contributed by atoms with E-state index in [4.69, 9.17) is 4.52 Å². The van der Waals surface area contributed by atoms with Crippen molar-refractivity contribution < 1.29 is 13.3 Å². The van der Waals surface area contributed by atoms with Crippen molar-refractivity contribution in [1.29, 1.82) is 0 Å². The monoisotopic (exact) mass is 376 g/mol. The van der Waals surface area contributed by atoms with Crippen molar-refractivity contribution in [3.05, 3.63) is 41.5 Å². The van der Waals surface area contributed by atoms with E-state index in [1.54, 1.807) is 6.07 Å². The summed E-state index contributed by atoms with van der Waals surface area (Å²) < 4.78 is 31.9. The van der Waals surface area contributed by atoms with Gasteiger partial charge in [0.15, 0.2) is 17.5 Å². The van der Waals surface area contributed by atoms with Crippen LogP contribution in [0.3, 0.4) is 0 Å². The molecule has 0 spiro atoms. The minimum Gasteiger partial charge on any atom is -0.371 e. The van der Waals surface area contributed by atoms with Gasteiger partial charge >= 0.3 is 0 Å². The molecule has 1 N–H and O–H groups in total. The van der Waals surface area contributed by atoms with E-state index in [1.165, 1.54) is 31.4 Å². The van der Waals surface area contributed by atoms with Crippen molar-refractivity contribution in [3.8, 4) is 0 Å². The van der Waals surface area contributed by atoms with Gasteiger partial charge in [0, 0.05) is 36.8 Å². The maximum atomic E-state index is 13.4. The molecule has 146 valence electrons. The topological polar surface area (TPSA) is 54.2 Å². The number of piperidine rings is 1. The Hall–Kier alpha value is -2.02. The van der Waals surface area contributed by atoms with Crippen molar-refractivity contribution in [1.82, 2.24) is 15.5 Å². The maximum absolute atomic E-state index is 13.4. The molecule has 0 atom stereocenters. The lowest BCUT2D eigenvalue weighted by molar-refractivity contribution is 0.333. The van der Waals surface area contributed by atoms with Crippen molar-refractivity contribution in [2.75, 3.05) is 18.0 Å². The Bertz CT molecular complexity index is 752. The van der Waals surface area contributed by atoms with Crippen LogP contribution >= 0.6 is 0 Å². The molecule has 0 radical (unpaired) electrons. The highest BCUT2D eigenvalue weighted by molar-refractivity contribution is 5.47. The average molecular weight is 376 g/mol. The Balaban J connectivity index is 1.25. The molecule has 2 aromatic rings. The standard InChI is InChI=1S/C20H26F2N4O/c21-17-7-6-16(12-18(17)22)26-10-8-15(9-11-26)23-13-19-24-20(25-27-19)14-4-2-1-3-5-14/h6-7,12,14-15,23H,1-5,8-11,13H2. The summed E-state index contributed by atoms with van der Waals surface area (Å²) in [5, 5.41) is 7.66. The van der Waals surface area contributed by atoms with Crippen LogP contribution in [0, 0.1) is 11.6 Å². The number of nitrogens with zero attached hydrogens (tertiary/aromatic N) is 3. The van der Waals surface area contributed by atoms with E-state index in [0.29, 0.717) is 24.4 Å². The highest BCUT2D eigenvalue weighted by Crippen LogP contribution is 2.30. The zero-order valence-electron chi connectivity index (χ0n) is 15.5. The zero-order chi connectivity index (χ0) is 18.6. The minimum atomic E-state index is -0.803. The molecular formula is C20H26F2N4O. The van der Waals surface area contributed by atoms with Gasteiger partial charge in [0.25, 0.3) is 0 Å². The molecule has 2 aliphatic rings. The van der Waals surface area contributed by atoms with Crippen LogP contribution in [-0.4, -0.2) is 29.3 Å². The number of hydrogen-bond donors (Lipinski definition) is 1. The number of hydrogen-bond acceptors (Lipinski definition) is 5. The van der Waals surface area contributed by atoms with Gasteiger partial charge in [0.2, 0.25) is 5.89 Å². The second-order valence-electron chi connectivity index (χ2n) is 7.62. The predicted molar refractivity (Wildman–Crippen MR) is 98.6 cm³/mol. The van der Waals surface area contributed by atoms with Crippen LogP contribution in [0.5, 0.6) is 0 Å². The van der Waals surface area contributed by atoms with E-state index >= 15 is 0 Å². The van der Waals surface area contributed by atoms with E-state index in [9.17, 15) is 8.78 Å². The van der Waals surface area contributed by atoms with Crippen LogP contribution in [0.4, 0.5) is 14.5 Å². The molecular weight excluding hydrogens is 350 g/mol. The third-order valence-corrected chi connectivity index (χ3v) is 5.76. The summed E-state index contributed by atoms with van der Waals surface area (Å²) in [4.78, 5) is 6.66. The molecule has 27 heavy (non-hydrogen) atoms. The normalized spacial score (nSPS) is 19.6. The fraction of sp³-hybridized carbons (Fsp3) is 0.600. The van der Waals surface area contributed by atoms with Crippen molar-refractivity contribution in [2.45, 2.75) is 63.5 Å². The molecule has 1 aromatic heterocycles. The van der Waals surface area contributed by atoms with Gasteiger partial charge in [-0.1, -0.05) is 24.4 Å². The number of rotatable bonds is 5. The van der Waals surface area contributed by atoms with E-state index in [0.717, 1.165) is 50.3 Å². The van der Waals surface area contributed by atoms with Gasteiger partial charge in [-0.25, -0.2) is 8.78 Å². The number of halogens is 2. The van der Waals surface area contributed by atoms with Crippen molar-refractivity contribution >= 4 is 5.69 Å². The first kappa shape index (κ1) is 18.3. The second kappa shape index (κ2) is 8.33. The minimum absolute atomic E-state index is 0.358. The van der Waals surface area contributed by atoms with Crippen molar-refractivity contribution in [3.63, 3.8) is 0 Å². The summed E-state index contributed by atoms with van der Waals surface area (Å²) in [7, 11) is 0. The lowest BCUT2D eigenvalue weighted by Gasteiger charge is -2.33. The maximum Gasteiger partial charge on any atom is 0.240 e. The molecule has 5 nitrogen and oxygen atoms in total. The summed E-state index contributed by atoms with van der Waals surface area (Å²) in [5.41, 5.74) is 0.737. The molecule has 2 fully saturated rings. The van der Waals surface area contributed by atoms with Gasteiger partial charge in [0.05, 0.1) is 6.54 Å². The van der Waals surface area contributed by atoms with Crippen LogP contribution < -0.4 is 10.2 Å². The van der Waals surface area contributed by atoms with E-state index in [1.807, 2.05) is 0 Å². The molecule has 2 heterocycles. The summed E-state index contributed by atoms with van der Waals surface area (Å²) >= 11 is 0. The van der Waals surface area contributed by atoms with E-state index in [2.05, 4.69) is 20.4 Å². The Labute approximate surface area is 158 Å². The fourth-order valence-electron chi connectivity index (χ4n) is 4.12. The molecule has 0 amide bonds. The first-order valence-electron chi connectivity index (χ1n) is 9.95. The molecule has 1 aliphatic carbocycles. The van der Waals surface area contributed by atoms with E-state index < -0.39 is 11.6 Å². The molecule has 1 saturated carbocycles. The fourth-order valence-corrected chi connectivity index (χ4v) is 4.12. The first-order chi connectivity index (χ1) is 13.2. The molecule has 0 bridgehead atoms. The lowest BCUT2D eigenvalue weighted by atomic mass is 9.89. The third kappa shape index (κ3) is 4.46. The van der Waals surface area contributed by atoms with Crippen LogP contribution in [-0.2, 0) is 6.54 Å². The molecule has 1 aromatic carbocycles. The largest absolute Gasteiger partial charge is 0.371 e. The summed E-state index contributed by atoms with van der Waals surface area (Å²) in [6.45, 7) is 2.19. The Morgan fingerprint density at radius 1 is 1.04 bits per heavy atom. The van der Waals surface area contributed by atoms with Crippen molar-refractivity contribution in [2.24, 2.45) is 0 Å². The van der Waals surface area contributed by atoms with Crippen LogP contribution in [0.15, 0.2) is 22.7 Å². The average Bonchev–Trinajstić information content (AvgIpc) is 3.19. The van der Waals surface area contributed by atoms with E-state index in [-0.39, 0.29) is 0 Å². The zero-order valence-corrected chi connectivity index (χ0v) is 15.5. The lowest BCUT2D eigenvalue weighted by Crippen LogP contribution is -2.42. The highest BCUT2D eigenvalue weighted by atomic mass is 19.2. The SMILES string of the molecule is Fc1ccc(N2CCC(NCc3nc(C4CCCCC4)no3)CC2)cc1F. The second-order valence-corrected chi connectivity index (χ2v) is 7.62. The highest BCUT2D eigenvalue weighted by Gasteiger charge is 2.23. The Morgan fingerprint density at radius 2 is 1.81 bits per heavy atom. The predicted octanol–water partition coefficient (Wildman–Crippen LogP) is 4.15. The number of aromatic nitrogens is 2. The van der Waals surface area contributed by atoms with Gasteiger partial charge in [-0.3, -0.25) is 0 Å². The summed E-state index contributed by atoms with van der Waals surface area (Å²) in [6, 6.07) is 4.46. The van der Waals surface area contributed by atoms with Gasteiger partial charge in [-0.05, 0) is 37.8 Å². The number of benzene rings is 1. The molecule has 0 unspecified atom stereocenters. The third-order valence-electron chi connectivity index (χ3n) is 5.76. The number of nitrogens with one attached hydrogen (secondary N) is 1. The molecule has 4 rings (SSSR count). The summed E-state index contributed by atoms with van der Waals surface area (Å²) in [6.07, 6.45) is 8.01. The number of anilines is 1. The van der Waals surface area contributed by atoms with Gasteiger partial charge < -0.3 is 14.7 Å². The smallest absolute Gasteiger partial charge is 0.240 e. The van der Waals surface area contributed by atoms with Gasteiger partial charge in [-0.2, -0.15) is 4.98 Å². The Kier molecular flexibility index (Phi) is 5.66. The van der Waals surface area contributed by atoms with Gasteiger partial charge in [0.1, 0.15) is 0 Å². The quantitative estimate of drug-likeness (QED) is 0.849. The van der Waals surface area contributed by atoms with Crippen LogP contribution in [0.25, 0.3) is 0 Å². The first-order valence-corrected chi connectivity index (χ1v) is 9.95. The Morgan fingerprint density at radius 3 is 2.56 bits per heavy atom.